The highest BCUT2D eigenvalue weighted by molar-refractivity contribution is 6.18. The molecule has 0 bridgehead atoms. The number of halogens is 1. The SMILES string of the molecule is O=C(C1CCCCCCC1)N1CCC(CCl)CC1. The summed E-state index contributed by atoms with van der Waals surface area (Å²) in [5.74, 6) is 2.14. The summed E-state index contributed by atoms with van der Waals surface area (Å²) >= 11 is 5.89. The number of carbonyl (C=O) groups excluding carboxylic acids is 1. The van der Waals surface area contributed by atoms with Crippen LogP contribution in [0, 0.1) is 11.8 Å². The lowest BCUT2D eigenvalue weighted by atomic mass is 9.89. The second kappa shape index (κ2) is 7.37. The van der Waals surface area contributed by atoms with Gasteiger partial charge in [-0.2, -0.15) is 0 Å². The Bertz CT molecular complexity index is 253. The third kappa shape index (κ3) is 3.88. The van der Waals surface area contributed by atoms with Crippen LogP contribution < -0.4 is 0 Å². The average molecular weight is 272 g/mol. The van der Waals surface area contributed by atoms with Crippen molar-refractivity contribution in [2.24, 2.45) is 11.8 Å². The van der Waals surface area contributed by atoms with Gasteiger partial charge in [-0.05, 0) is 31.6 Å². The number of alkyl halides is 1. The summed E-state index contributed by atoms with van der Waals surface area (Å²) in [4.78, 5) is 14.6. The van der Waals surface area contributed by atoms with Gasteiger partial charge in [0.05, 0.1) is 0 Å². The van der Waals surface area contributed by atoms with Crippen molar-refractivity contribution in [1.29, 1.82) is 0 Å². The maximum atomic E-state index is 12.5. The summed E-state index contributed by atoms with van der Waals surface area (Å²) in [7, 11) is 0. The normalized spacial score (nSPS) is 24.6. The highest BCUT2D eigenvalue weighted by atomic mass is 35.5. The fourth-order valence-electron chi connectivity index (χ4n) is 3.27. The first kappa shape index (κ1) is 14.2. The monoisotopic (exact) mass is 271 g/mol. The van der Waals surface area contributed by atoms with Crippen molar-refractivity contribution in [3.05, 3.63) is 0 Å². The molecule has 0 N–H and O–H groups in total. The molecular weight excluding hydrogens is 246 g/mol. The van der Waals surface area contributed by atoms with E-state index in [0.717, 1.165) is 44.7 Å². The van der Waals surface area contributed by atoms with Crippen LogP contribution in [0.4, 0.5) is 0 Å². The van der Waals surface area contributed by atoms with Crippen molar-refractivity contribution in [2.75, 3.05) is 19.0 Å². The molecule has 0 aromatic rings. The molecule has 2 fully saturated rings. The van der Waals surface area contributed by atoms with Gasteiger partial charge in [-0.1, -0.05) is 32.1 Å². The maximum Gasteiger partial charge on any atom is 0.225 e. The van der Waals surface area contributed by atoms with Crippen molar-refractivity contribution in [3.8, 4) is 0 Å². The molecule has 3 heteroatoms. The van der Waals surface area contributed by atoms with E-state index in [1.165, 1.54) is 32.1 Å². The standard InChI is InChI=1S/C15H26ClNO/c16-12-13-8-10-17(11-9-13)15(18)14-6-4-2-1-3-5-7-14/h13-14H,1-12H2. The van der Waals surface area contributed by atoms with Gasteiger partial charge in [-0.3, -0.25) is 4.79 Å². The number of carbonyl (C=O) groups is 1. The van der Waals surface area contributed by atoms with Crippen LogP contribution in [0.3, 0.4) is 0 Å². The first-order valence-corrected chi connectivity index (χ1v) is 8.19. The zero-order valence-electron chi connectivity index (χ0n) is 11.4. The Balaban J connectivity index is 1.82. The third-order valence-electron chi connectivity index (χ3n) is 4.60. The molecule has 1 aliphatic heterocycles. The van der Waals surface area contributed by atoms with Crippen LogP contribution in [0.2, 0.25) is 0 Å². The smallest absolute Gasteiger partial charge is 0.225 e. The van der Waals surface area contributed by atoms with Crippen LogP contribution in [-0.4, -0.2) is 29.8 Å². The van der Waals surface area contributed by atoms with Gasteiger partial charge in [0, 0.05) is 24.9 Å². The maximum absolute atomic E-state index is 12.5. The molecule has 1 heterocycles. The second-order valence-corrected chi connectivity index (χ2v) is 6.27. The quantitative estimate of drug-likeness (QED) is 0.699. The van der Waals surface area contributed by atoms with Crippen LogP contribution in [-0.2, 0) is 4.79 Å². The molecule has 0 radical (unpaired) electrons. The van der Waals surface area contributed by atoms with E-state index in [1.807, 2.05) is 0 Å². The van der Waals surface area contributed by atoms with Crippen molar-refractivity contribution >= 4 is 17.5 Å². The fraction of sp³-hybridized carbons (Fsp3) is 0.933. The second-order valence-electron chi connectivity index (χ2n) is 5.97. The van der Waals surface area contributed by atoms with Gasteiger partial charge in [0.15, 0.2) is 0 Å². The van der Waals surface area contributed by atoms with Gasteiger partial charge >= 0.3 is 0 Å². The molecule has 1 saturated heterocycles. The Morgan fingerprint density at radius 3 is 2.06 bits per heavy atom. The Kier molecular flexibility index (Phi) is 5.81. The Labute approximate surface area is 116 Å². The number of hydrogen-bond donors (Lipinski definition) is 0. The van der Waals surface area contributed by atoms with E-state index in [9.17, 15) is 4.79 Å². The van der Waals surface area contributed by atoms with Gasteiger partial charge in [-0.15, -0.1) is 11.6 Å². The molecule has 1 saturated carbocycles. The molecule has 0 aromatic carbocycles. The molecular formula is C15H26ClNO. The number of piperidine rings is 1. The summed E-state index contributed by atoms with van der Waals surface area (Å²) in [6, 6.07) is 0. The minimum atomic E-state index is 0.317. The van der Waals surface area contributed by atoms with Crippen LogP contribution in [0.25, 0.3) is 0 Å². The highest BCUT2D eigenvalue weighted by Crippen LogP contribution is 2.26. The Morgan fingerprint density at radius 2 is 1.50 bits per heavy atom. The van der Waals surface area contributed by atoms with Gasteiger partial charge in [0.2, 0.25) is 5.91 Å². The predicted octanol–water partition coefficient (Wildman–Crippen LogP) is 3.82. The van der Waals surface area contributed by atoms with E-state index in [4.69, 9.17) is 11.6 Å². The molecule has 2 nitrogen and oxygen atoms in total. The van der Waals surface area contributed by atoms with Gasteiger partial charge < -0.3 is 4.90 Å². The fourth-order valence-corrected chi connectivity index (χ4v) is 3.58. The Hall–Kier alpha value is -0.240. The van der Waals surface area contributed by atoms with E-state index in [-0.39, 0.29) is 0 Å². The van der Waals surface area contributed by atoms with Crippen LogP contribution in [0.15, 0.2) is 0 Å². The number of likely N-dealkylation sites (tertiary alicyclic amines) is 1. The largest absolute Gasteiger partial charge is 0.342 e. The van der Waals surface area contributed by atoms with Gasteiger partial charge in [-0.25, -0.2) is 0 Å². The van der Waals surface area contributed by atoms with Crippen molar-refractivity contribution in [1.82, 2.24) is 4.90 Å². The molecule has 0 aromatic heterocycles. The van der Waals surface area contributed by atoms with Crippen LogP contribution in [0.5, 0.6) is 0 Å². The number of rotatable bonds is 2. The number of hydrogen-bond acceptors (Lipinski definition) is 1. The molecule has 1 aliphatic carbocycles. The average Bonchev–Trinajstić information content (AvgIpc) is 2.38. The van der Waals surface area contributed by atoms with Crippen molar-refractivity contribution in [2.45, 2.75) is 57.8 Å². The topological polar surface area (TPSA) is 20.3 Å². The predicted molar refractivity (Wildman–Crippen MR) is 75.8 cm³/mol. The lowest BCUT2D eigenvalue weighted by Crippen LogP contribution is -2.42. The molecule has 0 unspecified atom stereocenters. The number of amides is 1. The number of nitrogens with zero attached hydrogens (tertiary/aromatic N) is 1. The minimum Gasteiger partial charge on any atom is -0.342 e. The van der Waals surface area contributed by atoms with E-state index < -0.39 is 0 Å². The lowest BCUT2D eigenvalue weighted by molar-refractivity contribution is -0.137. The van der Waals surface area contributed by atoms with Crippen LogP contribution in [0.1, 0.15) is 57.8 Å². The van der Waals surface area contributed by atoms with Crippen molar-refractivity contribution < 1.29 is 4.79 Å². The Morgan fingerprint density at radius 1 is 0.944 bits per heavy atom. The summed E-state index contributed by atoms with van der Waals surface area (Å²) in [6.45, 7) is 1.87. The van der Waals surface area contributed by atoms with Gasteiger partial charge in [0.1, 0.15) is 0 Å². The first-order valence-electron chi connectivity index (χ1n) is 7.66. The molecule has 0 spiro atoms. The van der Waals surface area contributed by atoms with E-state index >= 15 is 0 Å². The highest BCUT2D eigenvalue weighted by Gasteiger charge is 2.27. The first-order chi connectivity index (χ1) is 8.81. The molecule has 0 atom stereocenters. The zero-order valence-corrected chi connectivity index (χ0v) is 12.1. The minimum absolute atomic E-state index is 0.317. The molecule has 18 heavy (non-hydrogen) atoms. The van der Waals surface area contributed by atoms with E-state index in [2.05, 4.69) is 4.90 Å². The summed E-state index contributed by atoms with van der Waals surface area (Å²) in [5, 5.41) is 0. The summed E-state index contributed by atoms with van der Waals surface area (Å²) < 4.78 is 0. The van der Waals surface area contributed by atoms with Crippen LogP contribution >= 0.6 is 11.6 Å². The van der Waals surface area contributed by atoms with E-state index in [0.29, 0.717) is 17.7 Å². The lowest BCUT2D eigenvalue weighted by Gasteiger charge is -2.34. The summed E-state index contributed by atoms with van der Waals surface area (Å²) in [5.41, 5.74) is 0. The molecule has 104 valence electrons. The molecule has 2 rings (SSSR count). The molecule has 1 amide bonds. The zero-order chi connectivity index (χ0) is 12.8. The molecule has 2 aliphatic rings. The van der Waals surface area contributed by atoms with Crippen molar-refractivity contribution in [3.63, 3.8) is 0 Å². The van der Waals surface area contributed by atoms with Gasteiger partial charge in [0.25, 0.3) is 0 Å². The third-order valence-corrected chi connectivity index (χ3v) is 5.04. The summed E-state index contributed by atoms with van der Waals surface area (Å²) in [6.07, 6.45) is 10.9. The van der Waals surface area contributed by atoms with E-state index in [1.54, 1.807) is 0 Å².